The lowest BCUT2D eigenvalue weighted by Gasteiger charge is -2.25. The van der Waals surface area contributed by atoms with Crippen LogP contribution in [0.4, 0.5) is 5.82 Å². The van der Waals surface area contributed by atoms with Crippen LogP contribution in [0.25, 0.3) is 0 Å². The molecular formula is C17H21ClN3O2S+. The third-order valence-electron chi connectivity index (χ3n) is 4.11. The maximum absolute atomic E-state index is 12.6. The Kier molecular flexibility index (Phi) is 5.38. The van der Waals surface area contributed by atoms with Crippen molar-refractivity contribution in [2.24, 2.45) is 0 Å². The molecule has 1 aliphatic rings. The molecule has 2 heterocycles. The number of H-pyrrole nitrogens is 1. The summed E-state index contributed by atoms with van der Waals surface area (Å²) in [5, 5.41) is 3.92. The van der Waals surface area contributed by atoms with Gasteiger partial charge in [0.25, 0.3) is 5.82 Å². The Labute approximate surface area is 147 Å². The van der Waals surface area contributed by atoms with E-state index in [1.165, 1.54) is 0 Å². The number of rotatable bonds is 5. The number of benzene rings is 1. The van der Waals surface area contributed by atoms with Crippen LogP contribution in [0.15, 0.2) is 47.5 Å². The van der Waals surface area contributed by atoms with E-state index < -0.39 is 10.0 Å². The standard InChI is InChI=1S/C17H20ClN3O2S/c18-15-6-4-5-14(11-15)12-19-17-8-7-16(13-20-17)24(22,23)21-9-2-1-3-10-21/h4-8,11,13H,1-3,9-10,12H2,(H,19,20)/p+1. The van der Waals surface area contributed by atoms with Gasteiger partial charge in [-0.25, -0.2) is 13.4 Å². The molecule has 0 saturated carbocycles. The van der Waals surface area contributed by atoms with Gasteiger partial charge in [-0.1, -0.05) is 30.2 Å². The lowest BCUT2D eigenvalue weighted by atomic mass is 10.2. The van der Waals surface area contributed by atoms with Crippen LogP contribution in [-0.4, -0.2) is 25.8 Å². The van der Waals surface area contributed by atoms with Crippen LogP contribution in [0.1, 0.15) is 24.8 Å². The van der Waals surface area contributed by atoms with E-state index in [1.54, 1.807) is 22.6 Å². The van der Waals surface area contributed by atoms with Crippen molar-refractivity contribution in [3.8, 4) is 0 Å². The van der Waals surface area contributed by atoms with Gasteiger partial charge in [0.15, 0.2) is 0 Å². The molecule has 0 bridgehead atoms. The molecule has 0 unspecified atom stereocenters. The maximum Gasteiger partial charge on any atom is 0.272 e. The van der Waals surface area contributed by atoms with Crippen LogP contribution >= 0.6 is 11.6 Å². The number of piperidine rings is 1. The Balaban J connectivity index is 1.66. The molecule has 2 aromatic rings. The first kappa shape index (κ1) is 17.2. The number of hydrogen-bond donors (Lipinski definition) is 1. The van der Waals surface area contributed by atoms with Gasteiger partial charge in [-0.3, -0.25) is 5.32 Å². The van der Waals surface area contributed by atoms with E-state index in [2.05, 4.69) is 10.3 Å². The third kappa shape index (κ3) is 4.06. The number of anilines is 1. The molecule has 2 N–H and O–H groups in total. The summed E-state index contributed by atoms with van der Waals surface area (Å²) in [4.78, 5) is 3.32. The minimum Gasteiger partial charge on any atom is -0.270 e. The molecule has 0 amide bonds. The summed E-state index contributed by atoms with van der Waals surface area (Å²) in [6, 6.07) is 11.0. The molecule has 0 atom stereocenters. The number of nitrogens with one attached hydrogen (secondary N) is 2. The predicted octanol–water partition coefficient (Wildman–Crippen LogP) is 2.94. The zero-order valence-corrected chi connectivity index (χ0v) is 14.9. The molecular weight excluding hydrogens is 346 g/mol. The third-order valence-corrected chi connectivity index (χ3v) is 6.24. The molecule has 1 aliphatic heterocycles. The number of hydrogen-bond acceptors (Lipinski definition) is 3. The SMILES string of the molecule is O=S(=O)(c1ccc(NCc2cccc(Cl)c2)[nH+]c1)N1CCCCC1. The molecule has 1 aromatic heterocycles. The summed E-state index contributed by atoms with van der Waals surface area (Å²) in [6.07, 6.45) is 4.51. The highest BCUT2D eigenvalue weighted by Gasteiger charge is 2.26. The highest BCUT2D eigenvalue weighted by Crippen LogP contribution is 2.20. The summed E-state index contributed by atoms with van der Waals surface area (Å²) in [5.74, 6) is 0.757. The van der Waals surface area contributed by atoms with Gasteiger partial charge in [0.2, 0.25) is 10.0 Å². The fourth-order valence-corrected chi connectivity index (χ4v) is 4.48. The van der Waals surface area contributed by atoms with Crippen LogP contribution in [0, 0.1) is 0 Å². The lowest BCUT2D eigenvalue weighted by molar-refractivity contribution is -0.364. The summed E-state index contributed by atoms with van der Waals surface area (Å²) < 4.78 is 26.7. The van der Waals surface area contributed by atoms with Crippen molar-refractivity contribution >= 4 is 27.4 Å². The number of aromatic amines is 1. The van der Waals surface area contributed by atoms with Gasteiger partial charge in [0.1, 0.15) is 17.6 Å². The molecule has 0 spiro atoms. The lowest BCUT2D eigenvalue weighted by Crippen LogP contribution is -2.36. The van der Waals surface area contributed by atoms with Crippen LogP contribution in [0.5, 0.6) is 0 Å². The van der Waals surface area contributed by atoms with E-state index in [0.29, 0.717) is 29.6 Å². The van der Waals surface area contributed by atoms with Gasteiger partial charge in [0, 0.05) is 24.2 Å². The predicted molar refractivity (Wildman–Crippen MR) is 94.4 cm³/mol. The number of halogens is 1. The van der Waals surface area contributed by atoms with Crippen LogP contribution in [0.3, 0.4) is 0 Å². The van der Waals surface area contributed by atoms with Crippen molar-refractivity contribution in [1.29, 1.82) is 0 Å². The van der Waals surface area contributed by atoms with Gasteiger partial charge >= 0.3 is 0 Å². The molecule has 1 fully saturated rings. The second-order valence-electron chi connectivity index (χ2n) is 5.89. The van der Waals surface area contributed by atoms with Crippen LogP contribution < -0.4 is 10.3 Å². The molecule has 1 saturated heterocycles. The quantitative estimate of drug-likeness (QED) is 0.884. The molecule has 7 heteroatoms. The second-order valence-corrected chi connectivity index (χ2v) is 8.26. The van der Waals surface area contributed by atoms with Crippen molar-refractivity contribution in [3.05, 3.63) is 53.2 Å². The number of sulfonamides is 1. The zero-order chi connectivity index (χ0) is 17.0. The van der Waals surface area contributed by atoms with Crippen molar-refractivity contribution in [3.63, 3.8) is 0 Å². The number of aromatic nitrogens is 1. The summed E-state index contributed by atoms with van der Waals surface area (Å²) in [6.45, 7) is 1.82. The monoisotopic (exact) mass is 366 g/mol. The Morgan fingerprint density at radius 2 is 1.92 bits per heavy atom. The Bertz CT molecular complexity index is 788. The van der Waals surface area contributed by atoms with E-state index in [0.717, 1.165) is 30.6 Å². The average molecular weight is 367 g/mol. The zero-order valence-electron chi connectivity index (χ0n) is 13.3. The smallest absolute Gasteiger partial charge is 0.270 e. The Hall–Kier alpha value is -1.63. The summed E-state index contributed by atoms with van der Waals surface area (Å²) >= 11 is 5.96. The van der Waals surface area contributed by atoms with Gasteiger partial charge in [0.05, 0.1) is 0 Å². The molecule has 0 aliphatic carbocycles. The van der Waals surface area contributed by atoms with E-state index in [-0.39, 0.29) is 0 Å². The van der Waals surface area contributed by atoms with E-state index in [1.807, 2.05) is 24.3 Å². The molecule has 0 radical (unpaired) electrons. The normalized spacial score (nSPS) is 16.0. The van der Waals surface area contributed by atoms with E-state index >= 15 is 0 Å². The highest BCUT2D eigenvalue weighted by molar-refractivity contribution is 7.89. The van der Waals surface area contributed by atoms with E-state index in [4.69, 9.17) is 11.6 Å². The average Bonchev–Trinajstić information content (AvgIpc) is 2.61. The molecule has 128 valence electrons. The molecule has 1 aromatic carbocycles. The topological polar surface area (TPSA) is 63.6 Å². The first-order valence-electron chi connectivity index (χ1n) is 8.06. The first-order chi connectivity index (χ1) is 11.6. The first-order valence-corrected chi connectivity index (χ1v) is 9.88. The number of pyridine rings is 1. The second kappa shape index (κ2) is 7.51. The number of nitrogens with zero attached hydrogens (tertiary/aromatic N) is 1. The molecule has 3 rings (SSSR count). The molecule has 24 heavy (non-hydrogen) atoms. The minimum atomic E-state index is -3.39. The van der Waals surface area contributed by atoms with Gasteiger partial charge < -0.3 is 0 Å². The van der Waals surface area contributed by atoms with Crippen molar-refractivity contribution < 1.29 is 13.4 Å². The largest absolute Gasteiger partial charge is 0.272 e. The highest BCUT2D eigenvalue weighted by atomic mass is 35.5. The van der Waals surface area contributed by atoms with Gasteiger partial charge in [-0.15, -0.1) is 0 Å². The summed E-state index contributed by atoms with van der Waals surface area (Å²) in [5.41, 5.74) is 1.06. The van der Waals surface area contributed by atoms with Gasteiger partial charge in [-0.2, -0.15) is 4.31 Å². The maximum atomic E-state index is 12.6. The Morgan fingerprint density at radius 3 is 2.58 bits per heavy atom. The van der Waals surface area contributed by atoms with Crippen LogP contribution in [0.2, 0.25) is 5.02 Å². The van der Waals surface area contributed by atoms with Crippen molar-refractivity contribution in [2.45, 2.75) is 30.7 Å². The van der Waals surface area contributed by atoms with Gasteiger partial charge in [-0.05, 0) is 36.6 Å². The minimum absolute atomic E-state index is 0.303. The van der Waals surface area contributed by atoms with Crippen molar-refractivity contribution in [1.82, 2.24) is 4.31 Å². The van der Waals surface area contributed by atoms with E-state index in [9.17, 15) is 8.42 Å². The Morgan fingerprint density at radius 1 is 1.12 bits per heavy atom. The summed E-state index contributed by atoms with van der Waals surface area (Å²) in [7, 11) is -3.39. The molecule has 5 nitrogen and oxygen atoms in total. The fourth-order valence-electron chi connectivity index (χ4n) is 2.78. The van der Waals surface area contributed by atoms with Crippen LogP contribution in [-0.2, 0) is 16.6 Å². The fraction of sp³-hybridized carbons (Fsp3) is 0.353. The van der Waals surface area contributed by atoms with Crippen molar-refractivity contribution in [2.75, 3.05) is 18.4 Å².